The summed E-state index contributed by atoms with van der Waals surface area (Å²) in [5, 5.41) is 0. The number of rotatable bonds is 3. The van der Waals surface area contributed by atoms with Crippen LogP contribution in [-0.2, 0) is 0 Å². The lowest BCUT2D eigenvalue weighted by atomic mass is 10.0. The Morgan fingerprint density at radius 2 is 1.60 bits per heavy atom. The van der Waals surface area contributed by atoms with E-state index >= 15 is 0 Å². The molecule has 0 rings (SSSR count). The maximum absolute atomic E-state index is 5.86. The molecule has 0 aliphatic rings. The van der Waals surface area contributed by atoms with Gasteiger partial charge in [0.25, 0.3) is 0 Å². The third-order valence-corrected chi connectivity index (χ3v) is 2.79. The van der Waals surface area contributed by atoms with E-state index in [0.29, 0.717) is 0 Å². The lowest BCUT2D eigenvalue weighted by molar-refractivity contribution is 0.505. The van der Waals surface area contributed by atoms with Crippen LogP contribution >= 0.6 is 10.0 Å². The van der Waals surface area contributed by atoms with E-state index in [2.05, 4.69) is 32.6 Å². The summed E-state index contributed by atoms with van der Waals surface area (Å²) in [5.41, 5.74) is 5.88. The lowest BCUT2D eigenvalue weighted by Gasteiger charge is -2.29. The minimum absolute atomic E-state index is 0.0281. The Morgan fingerprint density at radius 1 is 1.20 bits per heavy atom. The molecule has 0 amide bonds. The van der Waals surface area contributed by atoms with E-state index in [1.54, 1.807) is 0 Å². The van der Waals surface area contributed by atoms with Crippen LogP contribution in [-0.4, -0.2) is 30.1 Å². The molecule has 10 heavy (non-hydrogen) atoms. The van der Waals surface area contributed by atoms with Crippen molar-refractivity contribution in [2.24, 2.45) is 5.73 Å². The summed E-state index contributed by atoms with van der Waals surface area (Å²) in [5.74, 6) is 1.29. The van der Waals surface area contributed by atoms with Gasteiger partial charge in [-0.2, -0.15) is 0 Å². The first-order chi connectivity index (χ1) is 4.21. The maximum atomic E-state index is 5.86. The van der Waals surface area contributed by atoms with Crippen molar-refractivity contribution in [2.45, 2.75) is 25.8 Å². The first-order valence-electron chi connectivity index (χ1n) is 3.66. The predicted molar refractivity (Wildman–Crippen MR) is 53.1 cm³/mol. The fourth-order valence-electron chi connectivity index (χ4n) is 0.569. The highest BCUT2D eigenvalue weighted by Gasteiger charge is 2.13. The van der Waals surface area contributed by atoms with Crippen LogP contribution in [0.25, 0.3) is 0 Å². The molecule has 0 aromatic carbocycles. The van der Waals surface area contributed by atoms with Crippen LogP contribution in [0.1, 0.15) is 20.3 Å². The topological polar surface area (TPSA) is 26.0 Å². The van der Waals surface area contributed by atoms with E-state index in [0.717, 1.165) is 6.42 Å². The van der Waals surface area contributed by atoms with Crippen molar-refractivity contribution >= 4 is 10.0 Å². The summed E-state index contributed by atoms with van der Waals surface area (Å²) in [6.45, 7) is 4.19. The molecule has 0 unspecified atom stereocenters. The Hall–Kier alpha value is 0.310. The van der Waals surface area contributed by atoms with Gasteiger partial charge in [-0.3, -0.25) is 0 Å². The minimum Gasteiger partial charge on any atom is -0.326 e. The lowest BCUT2D eigenvalue weighted by Crippen LogP contribution is -2.33. The van der Waals surface area contributed by atoms with Crippen LogP contribution in [0.5, 0.6) is 0 Å². The molecule has 0 atom stereocenters. The highest BCUT2D eigenvalue weighted by Crippen LogP contribution is 2.36. The highest BCUT2D eigenvalue weighted by molar-refractivity contribution is 8.32. The van der Waals surface area contributed by atoms with Gasteiger partial charge in [-0.25, -0.2) is 10.0 Å². The normalized spacial score (nSPS) is 15.4. The predicted octanol–water partition coefficient (Wildman–Crippen LogP) is 1.81. The van der Waals surface area contributed by atoms with E-state index in [-0.39, 0.29) is 15.6 Å². The van der Waals surface area contributed by atoms with Gasteiger partial charge >= 0.3 is 0 Å². The molecule has 0 saturated heterocycles. The van der Waals surface area contributed by atoms with Crippen LogP contribution < -0.4 is 5.73 Å². The minimum atomic E-state index is -0.337. The number of nitrogens with two attached hydrogens (primary N) is 1. The average molecular weight is 163 g/mol. The zero-order valence-electron chi connectivity index (χ0n) is 7.90. The van der Waals surface area contributed by atoms with Crippen LogP contribution in [0.2, 0.25) is 0 Å². The second-order valence-electron chi connectivity index (χ2n) is 4.53. The highest BCUT2D eigenvalue weighted by atomic mass is 32.3. The fourth-order valence-corrected chi connectivity index (χ4v) is 1.71. The molecule has 2 N–H and O–H groups in total. The van der Waals surface area contributed by atoms with Crippen molar-refractivity contribution in [3.63, 3.8) is 0 Å². The summed E-state index contributed by atoms with van der Waals surface area (Å²) in [7, 11) is -0.337. The van der Waals surface area contributed by atoms with Gasteiger partial charge in [0, 0.05) is 5.54 Å². The van der Waals surface area contributed by atoms with Gasteiger partial charge in [-0.15, -0.1) is 0 Å². The van der Waals surface area contributed by atoms with Crippen LogP contribution in [0.3, 0.4) is 0 Å². The molecule has 0 aliphatic heterocycles. The second-order valence-corrected chi connectivity index (χ2v) is 9.12. The Morgan fingerprint density at radius 3 is 1.70 bits per heavy atom. The van der Waals surface area contributed by atoms with Gasteiger partial charge in [0.1, 0.15) is 0 Å². The van der Waals surface area contributed by atoms with E-state index in [1.807, 2.05) is 0 Å². The first-order valence-corrected chi connectivity index (χ1v) is 6.68. The molecule has 0 heterocycles. The quantitative estimate of drug-likeness (QED) is 0.674. The molecule has 0 bridgehead atoms. The van der Waals surface area contributed by atoms with Crippen molar-refractivity contribution in [3.8, 4) is 0 Å². The third kappa shape index (κ3) is 8.31. The molecule has 0 spiro atoms. The average Bonchev–Trinajstić information content (AvgIpc) is 1.57. The molecule has 0 saturated carbocycles. The Kier molecular flexibility index (Phi) is 3.24. The molecule has 2 heteroatoms. The van der Waals surface area contributed by atoms with Gasteiger partial charge < -0.3 is 5.73 Å². The smallest absolute Gasteiger partial charge is 0.0104 e. The molecule has 0 aromatic rings. The maximum Gasteiger partial charge on any atom is 0.0104 e. The summed E-state index contributed by atoms with van der Waals surface area (Å²) in [4.78, 5) is 0. The molecule has 0 radical (unpaired) electrons. The Balaban J connectivity index is 3.56. The van der Waals surface area contributed by atoms with Gasteiger partial charge in [-0.05, 0) is 44.8 Å². The molecule has 0 aromatic heterocycles. The van der Waals surface area contributed by atoms with Gasteiger partial charge in [0.15, 0.2) is 0 Å². The van der Waals surface area contributed by atoms with Gasteiger partial charge in [0.05, 0.1) is 0 Å². The zero-order chi connectivity index (χ0) is 8.41. The molecular formula is C8H21NS. The van der Waals surface area contributed by atoms with Crippen molar-refractivity contribution < 1.29 is 0 Å². The first kappa shape index (κ1) is 10.3. The standard InChI is InChI=1S/C8H21NS/c1-8(2,9)6-7-10(3,4)5/h6-7,9H2,1-5H3. The third-order valence-electron chi connectivity index (χ3n) is 1.36. The van der Waals surface area contributed by atoms with E-state index in [9.17, 15) is 0 Å². The van der Waals surface area contributed by atoms with Crippen LogP contribution in [0.4, 0.5) is 0 Å². The molecule has 0 aliphatic carbocycles. The number of hydrogen-bond acceptors (Lipinski definition) is 1. The van der Waals surface area contributed by atoms with E-state index in [1.165, 1.54) is 5.75 Å². The van der Waals surface area contributed by atoms with Gasteiger partial charge in [-0.1, -0.05) is 0 Å². The van der Waals surface area contributed by atoms with Crippen molar-refractivity contribution in [1.29, 1.82) is 0 Å². The van der Waals surface area contributed by atoms with Crippen LogP contribution in [0, 0.1) is 0 Å². The Bertz CT molecular complexity index is 82.8. The summed E-state index contributed by atoms with van der Waals surface area (Å²) < 4.78 is 0. The summed E-state index contributed by atoms with van der Waals surface area (Å²) in [6, 6.07) is 0. The van der Waals surface area contributed by atoms with Crippen molar-refractivity contribution in [1.82, 2.24) is 0 Å². The fraction of sp³-hybridized carbons (Fsp3) is 1.00. The zero-order valence-corrected chi connectivity index (χ0v) is 8.72. The molecular weight excluding hydrogens is 142 g/mol. The van der Waals surface area contributed by atoms with Gasteiger partial charge in [0.2, 0.25) is 0 Å². The number of hydrogen-bond donors (Lipinski definition) is 1. The van der Waals surface area contributed by atoms with Crippen molar-refractivity contribution in [2.75, 3.05) is 24.5 Å². The van der Waals surface area contributed by atoms with E-state index in [4.69, 9.17) is 5.73 Å². The Labute approximate surface area is 66.7 Å². The largest absolute Gasteiger partial charge is 0.326 e. The molecule has 1 nitrogen and oxygen atoms in total. The SMILES string of the molecule is CC(C)(N)CCS(C)(C)C. The monoisotopic (exact) mass is 163 g/mol. The summed E-state index contributed by atoms with van der Waals surface area (Å²) >= 11 is 0. The summed E-state index contributed by atoms with van der Waals surface area (Å²) in [6.07, 6.45) is 8.14. The molecule has 0 fully saturated rings. The molecule has 64 valence electrons. The second kappa shape index (κ2) is 3.14. The van der Waals surface area contributed by atoms with E-state index < -0.39 is 0 Å². The van der Waals surface area contributed by atoms with Crippen molar-refractivity contribution in [3.05, 3.63) is 0 Å². The van der Waals surface area contributed by atoms with Crippen LogP contribution in [0.15, 0.2) is 0 Å².